The van der Waals surface area contributed by atoms with Crippen molar-refractivity contribution in [2.75, 3.05) is 0 Å². The average Bonchev–Trinajstić information content (AvgIpc) is 2.79. The average molecular weight is 521 g/mol. The van der Waals surface area contributed by atoms with E-state index in [9.17, 15) is 22.4 Å². The maximum Gasteiger partial charge on any atom is 0.453 e. The molecule has 1 heterocycles. The molecule has 36 heavy (non-hydrogen) atoms. The van der Waals surface area contributed by atoms with Gasteiger partial charge in [-0.2, -0.15) is 13.2 Å². The Bertz CT molecular complexity index is 1450. The predicted octanol–water partition coefficient (Wildman–Crippen LogP) is 8.27. The molecule has 3 aromatic carbocycles. The third-order valence-corrected chi connectivity index (χ3v) is 5.82. The number of hydrogen-bond acceptors (Lipinski definition) is 4. The zero-order chi connectivity index (χ0) is 26.3. The number of fused-ring (bicyclic) bond motifs is 1. The van der Waals surface area contributed by atoms with Crippen molar-refractivity contribution in [1.29, 1.82) is 0 Å². The van der Waals surface area contributed by atoms with Crippen LogP contribution in [0.3, 0.4) is 0 Å². The molecule has 0 unspecified atom stereocenters. The molecule has 9 heteroatoms. The summed E-state index contributed by atoms with van der Waals surface area (Å²) in [7, 11) is 0. The van der Waals surface area contributed by atoms with Gasteiger partial charge in [-0.25, -0.2) is 4.39 Å². The van der Waals surface area contributed by atoms with Crippen molar-refractivity contribution in [3.8, 4) is 17.2 Å². The van der Waals surface area contributed by atoms with E-state index >= 15 is 0 Å². The summed E-state index contributed by atoms with van der Waals surface area (Å²) in [5.74, 6) is -3.02. The van der Waals surface area contributed by atoms with E-state index in [4.69, 9.17) is 25.5 Å². The van der Waals surface area contributed by atoms with E-state index < -0.39 is 28.9 Å². The summed E-state index contributed by atoms with van der Waals surface area (Å²) in [4.78, 5) is 13.0. The summed E-state index contributed by atoms with van der Waals surface area (Å²) >= 11 is 5.98. The Hall–Kier alpha value is -3.52. The molecule has 0 atom stereocenters. The summed E-state index contributed by atoms with van der Waals surface area (Å²) in [5.41, 5.74) is -0.500. The van der Waals surface area contributed by atoms with E-state index in [1.807, 2.05) is 20.8 Å². The first-order valence-corrected chi connectivity index (χ1v) is 11.2. The lowest BCUT2D eigenvalue weighted by Crippen LogP contribution is -2.15. The molecule has 0 radical (unpaired) electrons. The molecule has 0 saturated heterocycles. The van der Waals surface area contributed by atoms with Crippen LogP contribution in [0, 0.1) is 5.82 Å². The summed E-state index contributed by atoms with van der Waals surface area (Å²) < 4.78 is 71.5. The van der Waals surface area contributed by atoms with Gasteiger partial charge in [0.05, 0.1) is 10.4 Å². The maximum absolute atomic E-state index is 14.0. The van der Waals surface area contributed by atoms with Crippen molar-refractivity contribution >= 4 is 22.6 Å². The van der Waals surface area contributed by atoms with E-state index in [1.54, 1.807) is 12.1 Å². The zero-order valence-corrected chi connectivity index (χ0v) is 20.3. The topological polar surface area (TPSA) is 48.7 Å². The van der Waals surface area contributed by atoms with Gasteiger partial charge in [0, 0.05) is 11.6 Å². The van der Waals surface area contributed by atoms with Gasteiger partial charge in [0.1, 0.15) is 29.5 Å². The number of hydrogen-bond donors (Lipinski definition) is 0. The van der Waals surface area contributed by atoms with Crippen LogP contribution in [0.4, 0.5) is 17.6 Å². The number of alkyl halides is 3. The van der Waals surface area contributed by atoms with E-state index in [0.29, 0.717) is 0 Å². The lowest BCUT2D eigenvalue weighted by atomic mass is 9.87. The third-order valence-electron chi connectivity index (χ3n) is 5.46. The molecule has 0 saturated carbocycles. The number of rotatable bonds is 5. The van der Waals surface area contributed by atoms with Crippen LogP contribution in [0.5, 0.6) is 17.2 Å². The second kappa shape index (κ2) is 9.50. The third kappa shape index (κ3) is 5.33. The fourth-order valence-electron chi connectivity index (χ4n) is 3.49. The first kappa shape index (κ1) is 25.6. The molecule has 0 spiro atoms. The minimum atomic E-state index is -5.01. The van der Waals surface area contributed by atoms with Gasteiger partial charge < -0.3 is 13.9 Å². The van der Waals surface area contributed by atoms with Crippen molar-refractivity contribution in [3.05, 3.63) is 98.6 Å². The van der Waals surface area contributed by atoms with Crippen LogP contribution in [0.15, 0.2) is 69.9 Å². The standard InChI is InChI=1S/C27H21ClF4O4/c1-26(2,3)15-7-9-16(10-8-15)35-24-23(33)18-12-11-17(13-22(18)36-25(24)27(30,31)32)34-14-19-20(28)5-4-6-21(19)29/h4-13H,14H2,1-3H3. The zero-order valence-electron chi connectivity index (χ0n) is 19.5. The molecule has 0 bridgehead atoms. The van der Waals surface area contributed by atoms with Crippen LogP contribution >= 0.6 is 11.6 Å². The molecule has 0 aliphatic heterocycles. The molecule has 188 valence electrons. The highest BCUT2D eigenvalue weighted by atomic mass is 35.5. The van der Waals surface area contributed by atoms with Gasteiger partial charge in [-0.1, -0.05) is 50.6 Å². The predicted molar refractivity (Wildman–Crippen MR) is 128 cm³/mol. The summed E-state index contributed by atoms with van der Waals surface area (Å²) in [6, 6.07) is 14.3. The van der Waals surface area contributed by atoms with Gasteiger partial charge in [0.25, 0.3) is 5.76 Å². The minimum Gasteiger partial charge on any atom is -0.489 e. The van der Waals surface area contributed by atoms with E-state index in [1.165, 1.54) is 42.5 Å². The quantitative estimate of drug-likeness (QED) is 0.248. The van der Waals surface area contributed by atoms with Gasteiger partial charge in [-0.05, 0) is 47.4 Å². The lowest BCUT2D eigenvalue weighted by Gasteiger charge is -2.19. The second-order valence-corrected chi connectivity index (χ2v) is 9.52. The fraction of sp³-hybridized carbons (Fsp3) is 0.222. The van der Waals surface area contributed by atoms with Gasteiger partial charge in [0.2, 0.25) is 11.2 Å². The molecule has 0 N–H and O–H groups in total. The second-order valence-electron chi connectivity index (χ2n) is 9.11. The summed E-state index contributed by atoms with van der Waals surface area (Å²) in [5, 5.41) is -0.000382. The van der Waals surface area contributed by atoms with Crippen LogP contribution in [0.2, 0.25) is 5.02 Å². The highest BCUT2D eigenvalue weighted by Gasteiger charge is 2.40. The SMILES string of the molecule is CC(C)(C)c1ccc(Oc2c(C(F)(F)F)oc3cc(OCc4c(F)cccc4Cl)ccc3c2=O)cc1. The fourth-order valence-corrected chi connectivity index (χ4v) is 3.71. The molecule has 4 aromatic rings. The highest BCUT2D eigenvalue weighted by Crippen LogP contribution is 2.39. The maximum atomic E-state index is 14.0. The first-order chi connectivity index (χ1) is 16.8. The van der Waals surface area contributed by atoms with Crippen molar-refractivity contribution < 1.29 is 31.5 Å². The van der Waals surface area contributed by atoms with Crippen LogP contribution in [0.25, 0.3) is 11.0 Å². The molecule has 4 rings (SSSR count). The normalized spacial score (nSPS) is 12.1. The molecule has 0 aliphatic rings. The van der Waals surface area contributed by atoms with E-state index in [-0.39, 0.29) is 45.1 Å². The van der Waals surface area contributed by atoms with Crippen LogP contribution in [0.1, 0.15) is 37.7 Å². The largest absolute Gasteiger partial charge is 0.489 e. The Balaban J connectivity index is 1.70. The molecule has 1 aromatic heterocycles. The van der Waals surface area contributed by atoms with Crippen molar-refractivity contribution in [1.82, 2.24) is 0 Å². The molecule has 0 aliphatic carbocycles. The van der Waals surface area contributed by atoms with E-state index in [2.05, 4.69) is 0 Å². The summed E-state index contributed by atoms with van der Waals surface area (Å²) in [6.45, 7) is 5.70. The van der Waals surface area contributed by atoms with Crippen molar-refractivity contribution in [3.63, 3.8) is 0 Å². The number of ether oxygens (including phenoxy) is 2. The lowest BCUT2D eigenvalue weighted by molar-refractivity contribution is -0.154. The molecule has 4 nitrogen and oxygen atoms in total. The van der Waals surface area contributed by atoms with Crippen LogP contribution < -0.4 is 14.9 Å². The van der Waals surface area contributed by atoms with Crippen LogP contribution in [-0.2, 0) is 18.2 Å². The Morgan fingerprint density at radius 3 is 2.22 bits per heavy atom. The van der Waals surface area contributed by atoms with Gasteiger partial charge >= 0.3 is 6.18 Å². The molecular weight excluding hydrogens is 500 g/mol. The highest BCUT2D eigenvalue weighted by molar-refractivity contribution is 6.31. The monoisotopic (exact) mass is 520 g/mol. The van der Waals surface area contributed by atoms with Gasteiger partial charge in [0.15, 0.2) is 0 Å². The van der Waals surface area contributed by atoms with Crippen LogP contribution in [-0.4, -0.2) is 0 Å². The Labute approximate surface area is 209 Å². The van der Waals surface area contributed by atoms with Gasteiger partial charge in [-0.15, -0.1) is 0 Å². The van der Waals surface area contributed by atoms with Gasteiger partial charge in [-0.3, -0.25) is 4.79 Å². The Kier molecular flexibility index (Phi) is 6.75. The Morgan fingerprint density at radius 1 is 0.944 bits per heavy atom. The molecule has 0 amide bonds. The number of halogens is 5. The van der Waals surface area contributed by atoms with Crippen molar-refractivity contribution in [2.45, 2.75) is 39.0 Å². The minimum absolute atomic E-state index is 0.0573. The first-order valence-electron chi connectivity index (χ1n) is 10.9. The summed E-state index contributed by atoms with van der Waals surface area (Å²) in [6.07, 6.45) is -5.01. The number of benzene rings is 3. The van der Waals surface area contributed by atoms with E-state index in [0.717, 1.165) is 11.6 Å². The Morgan fingerprint density at radius 2 is 1.61 bits per heavy atom. The molecular formula is C27H21ClF4O4. The molecule has 0 fully saturated rings. The smallest absolute Gasteiger partial charge is 0.453 e. The van der Waals surface area contributed by atoms with Crippen molar-refractivity contribution in [2.24, 2.45) is 0 Å².